The van der Waals surface area contributed by atoms with Crippen LogP contribution in [0.25, 0.3) is 0 Å². The van der Waals surface area contributed by atoms with E-state index in [1.165, 1.54) is 0 Å². The maximum absolute atomic E-state index is 11.3. The van der Waals surface area contributed by atoms with Crippen molar-refractivity contribution in [2.75, 3.05) is 12.4 Å². The minimum Gasteiger partial charge on any atom is -0.494 e. The Balaban J connectivity index is 3.41. The number of benzene rings is 1. The molecule has 6 heteroatoms. The summed E-state index contributed by atoms with van der Waals surface area (Å²) in [6.07, 6.45) is 0. The molecule has 0 aliphatic carbocycles. The van der Waals surface area contributed by atoms with Crippen LogP contribution < -0.4 is 21.3 Å². The monoisotopic (exact) mass is 257 g/mol. The van der Waals surface area contributed by atoms with E-state index < -0.39 is 6.03 Å². The minimum absolute atomic E-state index is 0.522. The van der Waals surface area contributed by atoms with Gasteiger partial charge in [-0.3, -0.25) is 5.43 Å². The number of carbonyl (C=O) groups is 1. The summed E-state index contributed by atoms with van der Waals surface area (Å²) in [6.45, 7) is 5.59. The number of halogens is 1. The maximum atomic E-state index is 11.3. The summed E-state index contributed by atoms with van der Waals surface area (Å²) in [5.41, 5.74) is 5.09. The highest BCUT2D eigenvalue weighted by Gasteiger charge is 2.18. The molecule has 2 amide bonds. The first-order chi connectivity index (χ1) is 7.93. The largest absolute Gasteiger partial charge is 0.494 e. The highest BCUT2D eigenvalue weighted by molar-refractivity contribution is 6.32. The molecule has 0 saturated heterocycles. The highest BCUT2D eigenvalue weighted by atomic mass is 35.5. The zero-order valence-electron chi connectivity index (χ0n) is 10.3. The van der Waals surface area contributed by atoms with Crippen LogP contribution in [0.4, 0.5) is 10.5 Å². The molecule has 4 N–H and O–H groups in total. The zero-order chi connectivity index (χ0) is 13.2. The number of hydrazine groups is 1. The van der Waals surface area contributed by atoms with Crippen molar-refractivity contribution in [3.8, 4) is 5.75 Å². The summed E-state index contributed by atoms with van der Waals surface area (Å²) >= 11 is 6.19. The predicted molar refractivity (Wildman–Crippen MR) is 68.6 cm³/mol. The first kappa shape index (κ1) is 13.6. The summed E-state index contributed by atoms with van der Waals surface area (Å²) in [6, 6.07) is -0.522. The van der Waals surface area contributed by atoms with Gasteiger partial charge in [-0.2, -0.15) is 0 Å². The smallest absolute Gasteiger partial charge is 0.333 e. The van der Waals surface area contributed by atoms with Crippen LogP contribution in [0, 0.1) is 20.8 Å². The second-order valence-corrected chi connectivity index (χ2v) is 4.07. The Labute approximate surface area is 105 Å². The van der Waals surface area contributed by atoms with Gasteiger partial charge < -0.3 is 10.1 Å². The van der Waals surface area contributed by atoms with Gasteiger partial charge in [0.2, 0.25) is 0 Å². The Morgan fingerprint density at radius 3 is 2.29 bits per heavy atom. The molecule has 0 aliphatic rings. The van der Waals surface area contributed by atoms with E-state index in [9.17, 15) is 4.79 Å². The molecular weight excluding hydrogens is 242 g/mol. The highest BCUT2D eigenvalue weighted by Crippen LogP contribution is 2.39. The summed E-state index contributed by atoms with van der Waals surface area (Å²) in [4.78, 5) is 11.3. The Hall–Kier alpha value is -1.46. The number of rotatable bonds is 2. The van der Waals surface area contributed by atoms with Gasteiger partial charge in [0.05, 0.1) is 12.8 Å². The molecule has 0 radical (unpaired) electrons. The number of hydrogen-bond donors (Lipinski definition) is 3. The van der Waals surface area contributed by atoms with Gasteiger partial charge in [0.15, 0.2) is 0 Å². The van der Waals surface area contributed by atoms with E-state index in [-0.39, 0.29) is 0 Å². The van der Waals surface area contributed by atoms with Gasteiger partial charge in [0, 0.05) is 5.02 Å². The fourth-order valence-electron chi connectivity index (χ4n) is 1.64. The Morgan fingerprint density at radius 2 is 1.82 bits per heavy atom. The van der Waals surface area contributed by atoms with Crippen LogP contribution >= 0.6 is 11.6 Å². The number of urea groups is 1. The lowest BCUT2D eigenvalue weighted by molar-refractivity contribution is 0.252. The van der Waals surface area contributed by atoms with Gasteiger partial charge in [-0.15, -0.1) is 0 Å². The molecule has 0 atom stereocenters. The molecule has 0 aromatic heterocycles. The van der Waals surface area contributed by atoms with Crippen molar-refractivity contribution in [1.82, 2.24) is 5.43 Å². The van der Waals surface area contributed by atoms with Crippen molar-refractivity contribution in [3.05, 3.63) is 21.7 Å². The normalized spacial score (nSPS) is 10.0. The molecule has 5 nitrogen and oxygen atoms in total. The number of methoxy groups -OCH3 is 1. The lowest BCUT2D eigenvalue weighted by atomic mass is 10.0. The van der Waals surface area contributed by atoms with Crippen molar-refractivity contribution >= 4 is 23.3 Å². The van der Waals surface area contributed by atoms with Crippen molar-refractivity contribution in [2.24, 2.45) is 5.84 Å². The van der Waals surface area contributed by atoms with E-state index in [1.807, 2.05) is 26.2 Å². The third-order valence-corrected chi connectivity index (χ3v) is 3.30. The third kappa shape index (κ3) is 2.45. The number of amides is 2. The standard InChI is InChI=1S/C11H16ClN3O2/c1-5-6(2)10(17-4)9(7(3)8(5)12)14-11(16)15-13/h13H2,1-4H3,(H2,14,15,16). The molecule has 1 aromatic carbocycles. The fraction of sp³-hybridized carbons (Fsp3) is 0.364. The first-order valence-electron chi connectivity index (χ1n) is 5.04. The van der Waals surface area contributed by atoms with Crippen LogP contribution in [-0.4, -0.2) is 13.1 Å². The number of nitrogens with one attached hydrogen (secondary N) is 2. The average Bonchev–Trinajstić information content (AvgIpc) is 2.33. The van der Waals surface area contributed by atoms with Crippen LogP contribution in [0.1, 0.15) is 16.7 Å². The Morgan fingerprint density at radius 1 is 1.24 bits per heavy atom. The molecule has 0 spiro atoms. The van der Waals surface area contributed by atoms with Gasteiger partial charge in [-0.25, -0.2) is 10.6 Å². The number of hydrogen-bond acceptors (Lipinski definition) is 3. The van der Waals surface area contributed by atoms with Crippen LogP contribution in [0.15, 0.2) is 0 Å². The van der Waals surface area contributed by atoms with E-state index >= 15 is 0 Å². The molecular formula is C11H16ClN3O2. The lowest BCUT2D eigenvalue weighted by Crippen LogP contribution is -2.34. The Kier molecular flexibility index (Phi) is 4.20. The summed E-state index contributed by atoms with van der Waals surface area (Å²) < 4.78 is 5.30. The van der Waals surface area contributed by atoms with E-state index in [0.29, 0.717) is 16.5 Å². The average molecular weight is 258 g/mol. The second-order valence-electron chi connectivity index (χ2n) is 3.70. The van der Waals surface area contributed by atoms with Crippen LogP contribution in [0.3, 0.4) is 0 Å². The number of carbonyl (C=O) groups excluding carboxylic acids is 1. The van der Waals surface area contributed by atoms with Crippen molar-refractivity contribution in [2.45, 2.75) is 20.8 Å². The van der Waals surface area contributed by atoms with Crippen LogP contribution in [-0.2, 0) is 0 Å². The second kappa shape index (κ2) is 5.25. The molecule has 1 rings (SSSR count). The molecule has 0 fully saturated rings. The third-order valence-electron chi connectivity index (χ3n) is 2.74. The zero-order valence-corrected chi connectivity index (χ0v) is 11.0. The first-order valence-corrected chi connectivity index (χ1v) is 5.42. The van der Waals surface area contributed by atoms with Gasteiger partial charge >= 0.3 is 6.03 Å². The summed E-state index contributed by atoms with van der Waals surface area (Å²) in [5, 5.41) is 3.21. The molecule has 1 aromatic rings. The molecule has 0 aliphatic heterocycles. The molecule has 0 unspecified atom stereocenters. The van der Waals surface area contributed by atoms with Crippen LogP contribution in [0.5, 0.6) is 5.75 Å². The fourth-order valence-corrected chi connectivity index (χ4v) is 1.88. The quantitative estimate of drug-likeness (QED) is 0.432. The number of ether oxygens (including phenoxy) is 1. The maximum Gasteiger partial charge on any atom is 0.333 e. The van der Waals surface area contributed by atoms with E-state index in [0.717, 1.165) is 16.7 Å². The van der Waals surface area contributed by atoms with Gasteiger partial charge in [0.25, 0.3) is 0 Å². The van der Waals surface area contributed by atoms with Gasteiger partial charge in [-0.1, -0.05) is 11.6 Å². The van der Waals surface area contributed by atoms with Crippen molar-refractivity contribution in [1.29, 1.82) is 0 Å². The van der Waals surface area contributed by atoms with E-state index in [4.69, 9.17) is 22.2 Å². The van der Waals surface area contributed by atoms with Crippen molar-refractivity contribution < 1.29 is 9.53 Å². The summed E-state index contributed by atoms with van der Waals surface area (Å²) in [7, 11) is 1.54. The molecule has 0 heterocycles. The summed E-state index contributed by atoms with van der Waals surface area (Å²) in [5.74, 6) is 5.62. The van der Waals surface area contributed by atoms with E-state index in [2.05, 4.69) is 5.32 Å². The number of nitrogens with two attached hydrogens (primary N) is 1. The van der Waals surface area contributed by atoms with Gasteiger partial charge in [-0.05, 0) is 37.5 Å². The van der Waals surface area contributed by atoms with E-state index in [1.54, 1.807) is 7.11 Å². The SMILES string of the molecule is COc1c(C)c(C)c(Cl)c(C)c1NC(=O)NN. The molecule has 94 valence electrons. The number of anilines is 1. The topological polar surface area (TPSA) is 76.4 Å². The molecule has 0 saturated carbocycles. The molecule has 0 bridgehead atoms. The minimum atomic E-state index is -0.522. The predicted octanol–water partition coefficient (Wildman–Crippen LogP) is 2.27. The van der Waals surface area contributed by atoms with Crippen LogP contribution in [0.2, 0.25) is 5.02 Å². The Bertz CT molecular complexity index is 461. The molecule has 17 heavy (non-hydrogen) atoms. The van der Waals surface area contributed by atoms with Crippen molar-refractivity contribution in [3.63, 3.8) is 0 Å². The van der Waals surface area contributed by atoms with Gasteiger partial charge in [0.1, 0.15) is 5.75 Å². The lowest BCUT2D eigenvalue weighted by Gasteiger charge is -2.18.